The Morgan fingerprint density at radius 1 is 1.03 bits per heavy atom. The summed E-state index contributed by atoms with van der Waals surface area (Å²) in [7, 11) is -3.81. The third kappa shape index (κ3) is 4.60. The van der Waals surface area contributed by atoms with E-state index in [2.05, 4.69) is 5.32 Å². The van der Waals surface area contributed by atoms with Gasteiger partial charge in [0.15, 0.2) is 0 Å². The fourth-order valence-corrected chi connectivity index (χ4v) is 5.52. The van der Waals surface area contributed by atoms with E-state index in [1.165, 1.54) is 22.5 Å². The lowest BCUT2D eigenvalue weighted by molar-refractivity contribution is 0.0730. The minimum atomic E-state index is -3.81. The summed E-state index contributed by atoms with van der Waals surface area (Å²) >= 11 is 6.19. The van der Waals surface area contributed by atoms with Crippen molar-refractivity contribution in [2.24, 2.45) is 0 Å². The smallest absolute Gasteiger partial charge is 0.251 e. The van der Waals surface area contributed by atoms with E-state index in [4.69, 9.17) is 16.3 Å². The lowest BCUT2D eigenvalue weighted by Gasteiger charge is -2.26. The van der Waals surface area contributed by atoms with Crippen molar-refractivity contribution >= 4 is 38.3 Å². The largest absolute Gasteiger partial charge is 0.379 e. The number of carbonyl (C=O) groups excluding carboxylic acids is 1. The van der Waals surface area contributed by atoms with Gasteiger partial charge in [-0.2, -0.15) is 4.31 Å². The fourth-order valence-electron chi connectivity index (χ4n) is 3.61. The molecule has 1 aliphatic rings. The second-order valence-corrected chi connectivity index (χ2v) is 9.78. The molecule has 6 nitrogen and oxygen atoms in total. The Balaban J connectivity index is 1.56. The number of nitrogens with one attached hydrogen (secondary N) is 1. The van der Waals surface area contributed by atoms with Crippen LogP contribution in [0.25, 0.3) is 10.8 Å². The second kappa shape index (κ2) is 8.96. The van der Waals surface area contributed by atoms with Crippen molar-refractivity contribution < 1.29 is 17.9 Å². The lowest BCUT2D eigenvalue weighted by atomic mass is 10.0. The molecule has 1 saturated heterocycles. The van der Waals surface area contributed by atoms with Gasteiger partial charge >= 0.3 is 0 Å². The zero-order valence-electron chi connectivity index (χ0n) is 17.0. The maximum absolute atomic E-state index is 13.0. The van der Waals surface area contributed by atoms with Crippen LogP contribution in [0.1, 0.15) is 28.9 Å². The molecule has 1 unspecified atom stereocenters. The van der Waals surface area contributed by atoms with Crippen molar-refractivity contribution in [2.75, 3.05) is 26.3 Å². The van der Waals surface area contributed by atoms with Crippen LogP contribution in [-0.4, -0.2) is 44.9 Å². The number of hydrogen-bond donors (Lipinski definition) is 1. The van der Waals surface area contributed by atoms with E-state index in [9.17, 15) is 13.2 Å². The molecule has 3 aromatic rings. The van der Waals surface area contributed by atoms with Crippen molar-refractivity contribution in [3.63, 3.8) is 0 Å². The summed E-state index contributed by atoms with van der Waals surface area (Å²) in [6.45, 7) is 3.08. The fraction of sp³-hybridized carbons (Fsp3) is 0.261. The van der Waals surface area contributed by atoms with Gasteiger partial charge in [-0.15, -0.1) is 0 Å². The van der Waals surface area contributed by atoms with Gasteiger partial charge in [0.1, 0.15) is 4.90 Å². The van der Waals surface area contributed by atoms with Crippen LogP contribution in [0.4, 0.5) is 0 Å². The van der Waals surface area contributed by atoms with E-state index in [0.29, 0.717) is 13.2 Å². The first-order valence-corrected chi connectivity index (χ1v) is 11.8. The quantitative estimate of drug-likeness (QED) is 0.627. The molecular formula is C23H23ClN2O4S. The first-order valence-electron chi connectivity index (χ1n) is 10.0. The number of hydrogen-bond acceptors (Lipinski definition) is 4. The number of morpholine rings is 1. The number of carbonyl (C=O) groups is 1. The topological polar surface area (TPSA) is 75.7 Å². The summed E-state index contributed by atoms with van der Waals surface area (Å²) in [6.07, 6.45) is 0. The Morgan fingerprint density at radius 2 is 1.74 bits per heavy atom. The van der Waals surface area contributed by atoms with Crippen LogP contribution in [-0.2, 0) is 14.8 Å². The van der Waals surface area contributed by atoms with Crippen LogP contribution < -0.4 is 5.32 Å². The van der Waals surface area contributed by atoms with Gasteiger partial charge < -0.3 is 10.1 Å². The highest BCUT2D eigenvalue weighted by Crippen LogP contribution is 2.27. The molecule has 31 heavy (non-hydrogen) atoms. The van der Waals surface area contributed by atoms with E-state index in [1.54, 1.807) is 0 Å². The number of sulfonamides is 1. The van der Waals surface area contributed by atoms with Crippen LogP contribution in [0.5, 0.6) is 0 Å². The summed E-state index contributed by atoms with van der Waals surface area (Å²) in [5, 5.41) is 5.25. The molecule has 1 amide bonds. The molecule has 8 heteroatoms. The predicted octanol–water partition coefficient (Wildman–Crippen LogP) is 4.01. The lowest BCUT2D eigenvalue weighted by Crippen LogP contribution is -2.40. The van der Waals surface area contributed by atoms with Gasteiger partial charge in [0.05, 0.1) is 24.3 Å². The minimum absolute atomic E-state index is 0.0675. The molecule has 1 N–H and O–H groups in total. The summed E-state index contributed by atoms with van der Waals surface area (Å²) in [6, 6.07) is 18.1. The highest BCUT2D eigenvalue weighted by Gasteiger charge is 2.29. The van der Waals surface area contributed by atoms with Crippen LogP contribution in [0.3, 0.4) is 0 Å². The molecule has 1 atom stereocenters. The third-order valence-corrected chi connectivity index (χ3v) is 7.78. The molecular weight excluding hydrogens is 436 g/mol. The van der Waals surface area contributed by atoms with Crippen molar-refractivity contribution in [3.05, 3.63) is 76.8 Å². The zero-order chi connectivity index (χ0) is 22.0. The van der Waals surface area contributed by atoms with Crippen LogP contribution in [0, 0.1) is 0 Å². The van der Waals surface area contributed by atoms with Crippen molar-refractivity contribution in [1.82, 2.24) is 9.62 Å². The Hall–Kier alpha value is -2.45. The molecule has 162 valence electrons. The van der Waals surface area contributed by atoms with Gasteiger partial charge in [0.2, 0.25) is 10.0 Å². The summed E-state index contributed by atoms with van der Waals surface area (Å²) < 4.78 is 32.6. The molecule has 1 aliphatic heterocycles. The van der Waals surface area contributed by atoms with E-state index < -0.39 is 10.0 Å². The molecule has 3 aromatic carbocycles. The Kier molecular flexibility index (Phi) is 6.29. The van der Waals surface area contributed by atoms with Gasteiger partial charge in [0.25, 0.3) is 5.91 Å². The summed E-state index contributed by atoms with van der Waals surface area (Å²) in [5.41, 5.74) is 1.20. The molecule has 0 saturated carbocycles. The predicted molar refractivity (Wildman–Crippen MR) is 121 cm³/mol. The number of ether oxygens (including phenoxy) is 1. The van der Waals surface area contributed by atoms with Crippen molar-refractivity contribution in [1.29, 1.82) is 0 Å². The maximum atomic E-state index is 13.0. The SMILES string of the molecule is CC(NC(=O)c1ccc(Cl)c(S(=O)(=O)N2CCOCC2)c1)c1ccc2ccccc2c1. The average molecular weight is 459 g/mol. The number of halogens is 1. The highest BCUT2D eigenvalue weighted by molar-refractivity contribution is 7.89. The number of rotatable bonds is 5. The van der Waals surface area contributed by atoms with Crippen LogP contribution in [0.15, 0.2) is 65.6 Å². The number of nitrogens with zero attached hydrogens (tertiary/aromatic N) is 1. The Bertz CT molecular complexity index is 1220. The van der Waals surface area contributed by atoms with E-state index in [1.807, 2.05) is 49.4 Å². The van der Waals surface area contributed by atoms with Crippen LogP contribution in [0.2, 0.25) is 5.02 Å². The molecule has 0 aliphatic carbocycles. The average Bonchev–Trinajstić information content (AvgIpc) is 2.79. The standard InChI is InChI=1S/C23H23ClN2O4S/c1-16(18-7-6-17-4-2-3-5-19(17)14-18)25-23(27)20-8-9-21(24)22(15-20)31(28,29)26-10-12-30-13-11-26/h2-9,14-16H,10-13H2,1H3,(H,25,27). The molecule has 0 bridgehead atoms. The van der Waals surface area contributed by atoms with E-state index >= 15 is 0 Å². The molecule has 0 aromatic heterocycles. The Morgan fingerprint density at radius 3 is 2.48 bits per heavy atom. The van der Waals surface area contributed by atoms with Gasteiger partial charge in [-0.3, -0.25) is 4.79 Å². The molecule has 1 fully saturated rings. The third-order valence-electron chi connectivity index (χ3n) is 5.40. The van der Waals surface area contributed by atoms with E-state index in [0.717, 1.165) is 16.3 Å². The Labute approximate surface area is 186 Å². The van der Waals surface area contributed by atoms with Crippen molar-refractivity contribution in [3.8, 4) is 0 Å². The van der Waals surface area contributed by atoms with Gasteiger partial charge in [0, 0.05) is 18.7 Å². The van der Waals surface area contributed by atoms with Crippen molar-refractivity contribution in [2.45, 2.75) is 17.9 Å². The number of amides is 1. The number of benzene rings is 3. The summed E-state index contributed by atoms with van der Waals surface area (Å²) in [5.74, 6) is -0.365. The van der Waals surface area contributed by atoms with Crippen LogP contribution >= 0.6 is 11.6 Å². The first-order chi connectivity index (χ1) is 14.9. The monoisotopic (exact) mass is 458 g/mol. The number of fused-ring (bicyclic) bond motifs is 1. The first kappa shape index (κ1) is 21.8. The zero-order valence-corrected chi connectivity index (χ0v) is 18.6. The molecule has 0 spiro atoms. The highest BCUT2D eigenvalue weighted by atomic mass is 35.5. The minimum Gasteiger partial charge on any atom is -0.379 e. The molecule has 0 radical (unpaired) electrons. The van der Waals surface area contributed by atoms with Gasteiger partial charge in [-0.25, -0.2) is 8.42 Å². The molecule has 1 heterocycles. The maximum Gasteiger partial charge on any atom is 0.251 e. The van der Waals surface area contributed by atoms with E-state index in [-0.39, 0.29) is 40.5 Å². The second-order valence-electron chi connectivity index (χ2n) is 7.46. The van der Waals surface area contributed by atoms with Gasteiger partial charge in [-0.1, -0.05) is 48.0 Å². The van der Waals surface area contributed by atoms with Gasteiger partial charge in [-0.05, 0) is 47.5 Å². The molecule has 4 rings (SSSR count). The normalized spacial score (nSPS) is 16.2. The summed E-state index contributed by atoms with van der Waals surface area (Å²) in [4.78, 5) is 12.8.